The highest BCUT2D eigenvalue weighted by Crippen LogP contribution is 2.11. The van der Waals surface area contributed by atoms with Crippen LogP contribution in [0, 0.1) is 0 Å². The molecule has 3 N–H and O–H groups in total. The van der Waals surface area contributed by atoms with Gasteiger partial charge in [-0.15, -0.1) is 0 Å². The molecule has 2 aliphatic rings. The van der Waals surface area contributed by atoms with Gasteiger partial charge in [-0.1, -0.05) is 0 Å². The van der Waals surface area contributed by atoms with Crippen molar-refractivity contribution in [3.8, 4) is 0 Å². The number of rotatable bonds is 1. The number of nitrogens with two attached hydrogens (primary N) is 1. The Morgan fingerprint density at radius 2 is 2.09 bits per heavy atom. The molecule has 11 heavy (non-hydrogen) atoms. The molecule has 1 aliphatic heterocycles. The largest absolute Gasteiger partial charge is 0.337 e. The first-order valence-corrected chi connectivity index (χ1v) is 4.82. The summed E-state index contributed by atoms with van der Waals surface area (Å²) < 4.78 is 0. The minimum absolute atomic E-state index is 1.33. The Labute approximate surface area is 68.3 Å². The van der Waals surface area contributed by atoms with Crippen molar-refractivity contribution in [2.45, 2.75) is 19.3 Å². The lowest BCUT2D eigenvalue weighted by Gasteiger charge is -2.22. The lowest BCUT2D eigenvalue weighted by atomic mass is 10.3. The number of nitrogens with one attached hydrogen (secondary N) is 1. The maximum absolute atomic E-state index is 2.46. The number of quaternary nitrogens is 2. The van der Waals surface area contributed by atoms with Crippen molar-refractivity contribution in [2.75, 3.05) is 26.2 Å². The van der Waals surface area contributed by atoms with Crippen LogP contribution in [0.25, 0.3) is 0 Å². The van der Waals surface area contributed by atoms with Gasteiger partial charge in [-0.05, 0) is 18.9 Å². The second-order valence-corrected chi connectivity index (χ2v) is 3.59. The van der Waals surface area contributed by atoms with E-state index in [1.54, 1.807) is 10.6 Å². The summed E-state index contributed by atoms with van der Waals surface area (Å²) in [6, 6.07) is 0. The highest BCUT2D eigenvalue weighted by atomic mass is 15.2. The Morgan fingerprint density at radius 1 is 1.27 bits per heavy atom. The van der Waals surface area contributed by atoms with Gasteiger partial charge in [0.15, 0.2) is 0 Å². The molecule has 0 saturated carbocycles. The standard InChI is InChI=1S/C9H16N2/c1-2-4-9(3-1)11-7-5-10-6-8-11/h3,10H,1-2,4-8H2/p+2. The third kappa shape index (κ3) is 1.63. The second kappa shape index (κ2) is 3.37. The minimum Gasteiger partial charge on any atom is -0.337 e. The molecule has 1 heterocycles. The lowest BCUT2D eigenvalue weighted by molar-refractivity contribution is -0.917. The maximum atomic E-state index is 2.46. The molecule has 0 aromatic heterocycles. The summed E-state index contributed by atoms with van der Waals surface area (Å²) in [6.45, 7) is 5.36. The van der Waals surface area contributed by atoms with Crippen molar-refractivity contribution in [3.63, 3.8) is 0 Å². The first-order valence-electron chi connectivity index (χ1n) is 4.82. The number of hydrogen-bond acceptors (Lipinski definition) is 0. The topological polar surface area (TPSA) is 21.1 Å². The number of allylic oxidation sites excluding steroid dienone is 2. The average molecular weight is 154 g/mol. The molecule has 2 heteroatoms. The molecule has 2 nitrogen and oxygen atoms in total. The van der Waals surface area contributed by atoms with Crippen molar-refractivity contribution in [1.29, 1.82) is 0 Å². The summed E-state index contributed by atoms with van der Waals surface area (Å²) in [5.41, 5.74) is 1.71. The van der Waals surface area contributed by atoms with E-state index in [9.17, 15) is 0 Å². The molecule has 62 valence electrons. The number of hydrogen-bond donors (Lipinski definition) is 2. The molecule has 1 aliphatic carbocycles. The minimum atomic E-state index is 1.33. The van der Waals surface area contributed by atoms with E-state index < -0.39 is 0 Å². The second-order valence-electron chi connectivity index (χ2n) is 3.59. The lowest BCUT2D eigenvalue weighted by Crippen LogP contribution is -3.19. The highest BCUT2D eigenvalue weighted by Gasteiger charge is 2.21. The van der Waals surface area contributed by atoms with E-state index in [4.69, 9.17) is 0 Å². The van der Waals surface area contributed by atoms with Crippen LogP contribution in [0.15, 0.2) is 11.8 Å². The van der Waals surface area contributed by atoms with E-state index in [2.05, 4.69) is 11.4 Å². The highest BCUT2D eigenvalue weighted by molar-refractivity contribution is 4.97. The van der Waals surface area contributed by atoms with Crippen molar-refractivity contribution in [1.82, 2.24) is 0 Å². The van der Waals surface area contributed by atoms with Crippen LogP contribution in [0.2, 0.25) is 0 Å². The van der Waals surface area contributed by atoms with Gasteiger partial charge in [-0.25, -0.2) is 0 Å². The fourth-order valence-corrected chi connectivity index (χ4v) is 2.14. The molecule has 2 rings (SSSR count). The Kier molecular flexibility index (Phi) is 2.24. The van der Waals surface area contributed by atoms with Gasteiger partial charge in [0.1, 0.15) is 31.9 Å². The Balaban J connectivity index is 1.92. The predicted molar refractivity (Wildman–Crippen MR) is 44.3 cm³/mol. The molecule has 0 aromatic carbocycles. The van der Waals surface area contributed by atoms with Gasteiger partial charge in [0.2, 0.25) is 0 Å². The first-order chi connectivity index (χ1) is 5.47. The van der Waals surface area contributed by atoms with E-state index in [-0.39, 0.29) is 0 Å². The third-order valence-electron chi connectivity index (χ3n) is 2.80. The van der Waals surface area contributed by atoms with Gasteiger partial charge in [0.05, 0.1) is 0 Å². The van der Waals surface area contributed by atoms with Crippen LogP contribution in [0.1, 0.15) is 19.3 Å². The Morgan fingerprint density at radius 3 is 2.73 bits per heavy atom. The van der Waals surface area contributed by atoms with Crippen LogP contribution < -0.4 is 10.2 Å². The average Bonchev–Trinajstić information content (AvgIpc) is 2.58. The molecular weight excluding hydrogens is 136 g/mol. The van der Waals surface area contributed by atoms with E-state index in [1.807, 2.05) is 0 Å². The molecule has 0 spiro atoms. The molecule has 1 saturated heterocycles. The zero-order valence-electron chi connectivity index (χ0n) is 7.10. The molecule has 0 unspecified atom stereocenters. The van der Waals surface area contributed by atoms with Gasteiger partial charge < -0.3 is 5.32 Å². The Hall–Kier alpha value is -0.340. The molecule has 0 bridgehead atoms. The van der Waals surface area contributed by atoms with E-state index in [0.29, 0.717) is 0 Å². The van der Waals surface area contributed by atoms with Crippen LogP contribution in [0.4, 0.5) is 0 Å². The van der Waals surface area contributed by atoms with Gasteiger partial charge in [-0.2, -0.15) is 0 Å². The third-order valence-corrected chi connectivity index (χ3v) is 2.80. The maximum Gasteiger partial charge on any atom is 0.131 e. The smallest absolute Gasteiger partial charge is 0.131 e. The van der Waals surface area contributed by atoms with Crippen LogP contribution in [-0.2, 0) is 0 Å². The zero-order chi connectivity index (χ0) is 7.52. The van der Waals surface area contributed by atoms with E-state index in [1.165, 1.54) is 45.4 Å². The van der Waals surface area contributed by atoms with E-state index in [0.717, 1.165) is 0 Å². The predicted octanol–water partition coefficient (Wildman–Crippen LogP) is -1.48. The summed E-state index contributed by atoms with van der Waals surface area (Å²) in [5.74, 6) is 0. The summed E-state index contributed by atoms with van der Waals surface area (Å²) in [4.78, 5) is 1.77. The van der Waals surface area contributed by atoms with Crippen molar-refractivity contribution in [2.24, 2.45) is 0 Å². The van der Waals surface area contributed by atoms with Crippen molar-refractivity contribution < 1.29 is 10.2 Å². The quantitative estimate of drug-likeness (QED) is 0.459. The van der Waals surface area contributed by atoms with Gasteiger partial charge in [0.25, 0.3) is 0 Å². The normalized spacial score (nSPS) is 27.1. The SMILES string of the molecule is C1=C([NH+]2CC[NH2+]CC2)CCC1. The Bertz CT molecular complexity index is 157. The van der Waals surface area contributed by atoms with Gasteiger partial charge >= 0.3 is 0 Å². The van der Waals surface area contributed by atoms with Crippen LogP contribution in [-0.4, -0.2) is 26.2 Å². The molecule has 1 fully saturated rings. The van der Waals surface area contributed by atoms with Crippen LogP contribution in [0.5, 0.6) is 0 Å². The molecule has 0 radical (unpaired) electrons. The monoisotopic (exact) mass is 154 g/mol. The van der Waals surface area contributed by atoms with Crippen LogP contribution in [0.3, 0.4) is 0 Å². The van der Waals surface area contributed by atoms with Gasteiger partial charge in [-0.3, -0.25) is 4.90 Å². The summed E-state index contributed by atoms with van der Waals surface area (Å²) in [5, 5.41) is 2.43. The van der Waals surface area contributed by atoms with Crippen LogP contribution >= 0.6 is 0 Å². The summed E-state index contributed by atoms with van der Waals surface area (Å²) in [7, 11) is 0. The fourth-order valence-electron chi connectivity index (χ4n) is 2.14. The first kappa shape index (κ1) is 7.32. The van der Waals surface area contributed by atoms with Crippen molar-refractivity contribution >= 4 is 0 Å². The van der Waals surface area contributed by atoms with E-state index >= 15 is 0 Å². The summed E-state index contributed by atoms with van der Waals surface area (Å²) >= 11 is 0. The molecule has 0 aromatic rings. The number of piperazine rings is 1. The zero-order valence-corrected chi connectivity index (χ0v) is 7.10. The van der Waals surface area contributed by atoms with Gasteiger partial charge in [0, 0.05) is 6.42 Å². The molecule has 0 amide bonds. The summed E-state index contributed by atoms with van der Waals surface area (Å²) in [6.07, 6.45) is 6.57. The molecule has 0 atom stereocenters. The van der Waals surface area contributed by atoms with Crippen molar-refractivity contribution in [3.05, 3.63) is 11.8 Å². The fraction of sp³-hybridized carbons (Fsp3) is 0.778. The molecular formula is C9H18N2+2.